The van der Waals surface area contributed by atoms with Gasteiger partial charge in [-0.2, -0.15) is 5.10 Å². The Morgan fingerprint density at radius 1 is 1.17 bits per heavy atom. The van der Waals surface area contributed by atoms with E-state index in [0.29, 0.717) is 11.5 Å². The van der Waals surface area contributed by atoms with E-state index in [0.717, 1.165) is 22.2 Å². The maximum Gasteiger partial charge on any atom is 0.228 e. The molecular formula is C17H17N3O3. The predicted molar refractivity (Wildman–Crippen MR) is 88.0 cm³/mol. The van der Waals surface area contributed by atoms with Crippen molar-refractivity contribution in [3.63, 3.8) is 0 Å². The van der Waals surface area contributed by atoms with Crippen LogP contribution < -0.4 is 14.8 Å². The Balaban J connectivity index is 1.73. The monoisotopic (exact) mass is 311 g/mol. The van der Waals surface area contributed by atoms with E-state index >= 15 is 0 Å². The minimum absolute atomic E-state index is 0.118. The number of fused-ring (bicyclic) bond motifs is 1. The molecule has 0 aliphatic carbocycles. The third kappa shape index (κ3) is 3.26. The number of carbonyl (C=O) groups excluding carboxylic acids is 1. The minimum atomic E-state index is -0.118. The van der Waals surface area contributed by atoms with Crippen molar-refractivity contribution in [2.24, 2.45) is 0 Å². The van der Waals surface area contributed by atoms with E-state index < -0.39 is 0 Å². The van der Waals surface area contributed by atoms with Crippen LogP contribution in [0.1, 0.15) is 5.56 Å². The average molecular weight is 311 g/mol. The first-order chi connectivity index (χ1) is 11.2. The molecule has 0 bridgehead atoms. The maximum atomic E-state index is 12.3. The van der Waals surface area contributed by atoms with E-state index in [1.807, 2.05) is 30.3 Å². The summed E-state index contributed by atoms with van der Waals surface area (Å²) >= 11 is 0. The highest BCUT2D eigenvalue weighted by atomic mass is 16.5. The van der Waals surface area contributed by atoms with Crippen molar-refractivity contribution in [3.8, 4) is 11.5 Å². The van der Waals surface area contributed by atoms with Gasteiger partial charge in [0.2, 0.25) is 5.91 Å². The van der Waals surface area contributed by atoms with Crippen LogP contribution in [0.5, 0.6) is 11.5 Å². The van der Waals surface area contributed by atoms with E-state index in [-0.39, 0.29) is 12.3 Å². The first-order valence-electron chi connectivity index (χ1n) is 7.13. The second-order valence-corrected chi connectivity index (χ2v) is 5.07. The molecule has 6 heteroatoms. The molecule has 1 heterocycles. The van der Waals surface area contributed by atoms with Gasteiger partial charge < -0.3 is 14.8 Å². The SMILES string of the molecule is COc1ccc(CC(=O)Nc2ccc3cn[nH]c3c2)c(OC)c1. The smallest absolute Gasteiger partial charge is 0.228 e. The van der Waals surface area contributed by atoms with Crippen molar-refractivity contribution in [2.75, 3.05) is 19.5 Å². The van der Waals surface area contributed by atoms with E-state index in [4.69, 9.17) is 9.47 Å². The van der Waals surface area contributed by atoms with Crippen LogP contribution in [0.2, 0.25) is 0 Å². The number of hydrogen-bond acceptors (Lipinski definition) is 4. The second kappa shape index (κ2) is 6.39. The summed E-state index contributed by atoms with van der Waals surface area (Å²) in [6, 6.07) is 11.0. The maximum absolute atomic E-state index is 12.3. The normalized spacial score (nSPS) is 10.5. The number of amides is 1. The van der Waals surface area contributed by atoms with E-state index in [1.165, 1.54) is 0 Å². The lowest BCUT2D eigenvalue weighted by atomic mass is 10.1. The van der Waals surface area contributed by atoms with Gasteiger partial charge in [-0.1, -0.05) is 6.07 Å². The van der Waals surface area contributed by atoms with Gasteiger partial charge in [-0.15, -0.1) is 0 Å². The number of aromatic amines is 1. The largest absolute Gasteiger partial charge is 0.497 e. The molecule has 0 aliphatic rings. The van der Waals surface area contributed by atoms with Crippen molar-refractivity contribution in [1.82, 2.24) is 10.2 Å². The summed E-state index contributed by atoms with van der Waals surface area (Å²) in [4.78, 5) is 12.3. The molecular weight excluding hydrogens is 294 g/mol. The molecule has 3 aromatic rings. The molecule has 2 aromatic carbocycles. The first kappa shape index (κ1) is 14.9. The number of H-pyrrole nitrogens is 1. The van der Waals surface area contributed by atoms with Crippen LogP contribution in [0, 0.1) is 0 Å². The summed E-state index contributed by atoms with van der Waals surface area (Å²) in [5.74, 6) is 1.20. The van der Waals surface area contributed by atoms with Gasteiger partial charge in [0.05, 0.1) is 32.4 Å². The Morgan fingerprint density at radius 3 is 2.83 bits per heavy atom. The zero-order valence-electron chi connectivity index (χ0n) is 12.9. The molecule has 1 aromatic heterocycles. The van der Waals surface area contributed by atoms with Crippen LogP contribution in [0.25, 0.3) is 10.9 Å². The molecule has 0 spiro atoms. The number of nitrogens with one attached hydrogen (secondary N) is 2. The summed E-state index contributed by atoms with van der Waals surface area (Å²) in [6.45, 7) is 0. The predicted octanol–water partition coefficient (Wildman–Crippen LogP) is 2.76. The lowest BCUT2D eigenvalue weighted by molar-refractivity contribution is -0.115. The number of ether oxygens (including phenoxy) is 2. The number of anilines is 1. The number of rotatable bonds is 5. The molecule has 118 valence electrons. The van der Waals surface area contributed by atoms with Crippen LogP contribution in [-0.2, 0) is 11.2 Å². The molecule has 0 radical (unpaired) electrons. The fourth-order valence-electron chi connectivity index (χ4n) is 2.39. The lowest BCUT2D eigenvalue weighted by Gasteiger charge is -2.11. The van der Waals surface area contributed by atoms with E-state index in [1.54, 1.807) is 26.5 Å². The number of hydrogen-bond donors (Lipinski definition) is 2. The summed E-state index contributed by atoms with van der Waals surface area (Å²) < 4.78 is 10.5. The number of benzene rings is 2. The summed E-state index contributed by atoms with van der Waals surface area (Å²) in [6.07, 6.45) is 1.96. The van der Waals surface area contributed by atoms with Crippen LogP contribution in [0.3, 0.4) is 0 Å². The summed E-state index contributed by atoms with van der Waals surface area (Å²) in [5.41, 5.74) is 2.40. The van der Waals surface area contributed by atoms with Gasteiger partial charge in [-0.25, -0.2) is 0 Å². The van der Waals surface area contributed by atoms with Crippen LogP contribution >= 0.6 is 0 Å². The third-order valence-electron chi connectivity index (χ3n) is 3.57. The molecule has 1 amide bonds. The second-order valence-electron chi connectivity index (χ2n) is 5.07. The highest BCUT2D eigenvalue weighted by molar-refractivity contribution is 5.94. The molecule has 23 heavy (non-hydrogen) atoms. The highest BCUT2D eigenvalue weighted by Gasteiger charge is 2.11. The number of methoxy groups -OCH3 is 2. The van der Waals surface area contributed by atoms with Crippen molar-refractivity contribution in [2.45, 2.75) is 6.42 Å². The first-order valence-corrected chi connectivity index (χ1v) is 7.13. The number of carbonyl (C=O) groups is 1. The summed E-state index contributed by atoms with van der Waals surface area (Å²) in [7, 11) is 3.16. The minimum Gasteiger partial charge on any atom is -0.497 e. The van der Waals surface area contributed by atoms with Crippen molar-refractivity contribution < 1.29 is 14.3 Å². The molecule has 3 rings (SSSR count). The van der Waals surface area contributed by atoms with E-state index in [2.05, 4.69) is 15.5 Å². The fraction of sp³-hybridized carbons (Fsp3) is 0.176. The van der Waals surface area contributed by atoms with Gasteiger partial charge in [-0.05, 0) is 24.3 Å². The Labute approximate surface area is 133 Å². The Kier molecular flexibility index (Phi) is 4.14. The Morgan fingerprint density at radius 2 is 2.04 bits per heavy atom. The molecule has 0 fully saturated rings. The van der Waals surface area contributed by atoms with Gasteiger partial charge in [0.25, 0.3) is 0 Å². The molecule has 0 saturated carbocycles. The quantitative estimate of drug-likeness (QED) is 0.759. The molecule has 2 N–H and O–H groups in total. The highest BCUT2D eigenvalue weighted by Crippen LogP contribution is 2.25. The zero-order valence-corrected chi connectivity index (χ0v) is 12.9. The van der Waals surface area contributed by atoms with Gasteiger partial charge >= 0.3 is 0 Å². The molecule has 0 atom stereocenters. The van der Waals surface area contributed by atoms with Crippen LogP contribution in [0.15, 0.2) is 42.6 Å². The van der Waals surface area contributed by atoms with Gasteiger partial charge in [-0.3, -0.25) is 9.89 Å². The van der Waals surface area contributed by atoms with E-state index in [9.17, 15) is 4.79 Å². The van der Waals surface area contributed by atoms with Gasteiger partial charge in [0.1, 0.15) is 11.5 Å². The standard InChI is InChI=1S/C17H17N3O3/c1-22-14-6-4-11(16(9-14)23-2)7-17(21)19-13-5-3-12-10-18-20-15(12)8-13/h3-6,8-10H,7H2,1-2H3,(H,18,20)(H,19,21). The number of nitrogens with zero attached hydrogens (tertiary/aromatic N) is 1. The van der Waals surface area contributed by atoms with Crippen LogP contribution in [-0.4, -0.2) is 30.3 Å². The number of aromatic nitrogens is 2. The Bertz CT molecular complexity index is 842. The fourth-order valence-corrected chi connectivity index (χ4v) is 2.39. The van der Waals surface area contributed by atoms with Gasteiger partial charge in [0, 0.05) is 22.7 Å². The van der Waals surface area contributed by atoms with Crippen molar-refractivity contribution in [1.29, 1.82) is 0 Å². The average Bonchev–Trinajstić information content (AvgIpc) is 3.02. The topological polar surface area (TPSA) is 76.2 Å². The molecule has 0 aliphatic heterocycles. The van der Waals surface area contributed by atoms with Gasteiger partial charge in [0.15, 0.2) is 0 Å². The molecule has 6 nitrogen and oxygen atoms in total. The summed E-state index contributed by atoms with van der Waals surface area (Å²) in [5, 5.41) is 10.7. The molecule has 0 saturated heterocycles. The lowest BCUT2D eigenvalue weighted by Crippen LogP contribution is -2.14. The van der Waals surface area contributed by atoms with Crippen molar-refractivity contribution >= 4 is 22.5 Å². The molecule has 0 unspecified atom stereocenters. The Hall–Kier alpha value is -3.02. The zero-order chi connectivity index (χ0) is 16.2. The van der Waals surface area contributed by atoms with Crippen LogP contribution in [0.4, 0.5) is 5.69 Å². The van der Waals surface area contributed by atoms with Crippen molar-refractivity contribution in [3.05, 3.63) is 48.2 Å². The third-order valence-corrected chi connectivity index (χ3v) is 3.57.